The Bertz CT molecular complexity index is 1270. The van der Waals surface area contributed by atoms with Crippen molar-refractivity contribution < 1.29 is 4.79 Å². The molecule has 1 atom stereocenters. The fraction of sp³-hybridized carbons (Fsp3) is 0.419. The molecule has 1 aliphatic carbocycles. The van der Waals surface area contributed by atoms with Crippen molar-refractivity contribution in [2.45, 2.75) is 65.3 Å². The van der Waals surface area contributed by atoms with Crippen LogP contribution < -0.4 is 5.32 Å². The molecule has 1 saturated heterocycles. The maximum atomic E-state index is 14.2. The predicted octanol–water partition coefficient (Wildman–Crippen LogP) is 7.33. The molecule has 1 N–H and O–H groups in total. The average Bonchev–Trinajstić information content (AvgIpc) is 3.65. The highest BCUT2D eigenvalue weighted by molar-refractivity contribution is 6.30. The smallest absolute Gasteiger partial charge is 0.254 e. The van der Waals surface area contributed by atoms with Crippen molar-refractivity contribution in [2.24, 2.45) is 5.41 Å². The summed E-state index contributed by atoms with van der Waals surface area (Å²) < 4.78 is 0. The van der Waals surface area contributed by atoms with Crippen LogP contribution in [0.3, 0.4) is 0 Å². The molecule has 1 unspecified atom stereocenters. The molecule has 2 aromatic carbocycles. The van der Waals surface area contributed by atoms with Crippen molar-refractivity contribution in [3.63, 3.8) is 0 Å². The van der Waals surface area contributed by atoms with E-state index in [0.29, 0.717) is 5.41 Å². The van der Waals surface area contributed by atoms with Crippen molar-refractivity contribution in [1.82, 2.24) is 9.88 Å². The van der Waals surface area contributed by atoms with Crippen molar-refractivity contribution in [3.05, 3.63) is 82.0 Å². The molecule has 2 aliphatic rings. The van der Waals surface area contributed by atoms with Gasteiger partial charge in [0.05, 0.1) is 5.69 Å². The fourth-order valence-corrected chi connectivity index (χ4v) is 5.95. The summed E-state index contributed by atoms with van der Waals surface area (Å²) in [5.41, 5.74) is 7.63. The highest BCUT2D eigenvalue weighted by Crippen LogP contribution is 2.55. The molecule has 1 saturated carbocycles. The Hall–Kier alpha value is -2.85. The summed E-state index contributed by atoms with van der Waals surface area (Å²) >= 11 is 6.24. The zero-order chi connectivity index (χ0) is 25.3. The lowest BCUT2D eigenvalue weighted by atomic mass is 9.86. The van der Waals surface area contributed by atoms with E-state index in [2.05, 4.69) is 55.3 Å². The number of hydrogen-bond acceptors (Lipinski definition) is 3. The van der Waals surface area contributed by atoms with Gasteiger partial charge >= 0.3 is 0 Å². The van der Waals surface area contributed by atoms with E-state index < -0.39 is 0 Å². The number of benzene rings is 2. The van der Waals surface area contributed by atoms with Crippen molar-refractivity contribution in [2.75, 3.05) is 18.4 Å². The van der Waals surface area contributed by atoms with Gasteiger partial charge in [-0.1, -0.05) is 49.2 Å². The molecular formula is C31H36ClN3O. The minimum absolute atomic E-state index is 0.121. The van der Waals surface area contributed by atoms with Crippen LogP contribution in [0.25, 0.3) is 11.3 Å². The van der Waals surface area contributed by atoms with E-state index in [1.165, 1.54) is 24.0 Å². The summed E-state index contributed by atoms with van der Waals surface area (Å²) in [7, 11) is 0. The van der Waals surface area contributed by atoms with Gasteiger partial charge in [0.15, 0.2) is 0 Å². The summed E-state index contributed by atoms with van der Waals surface area (Å²) in [5, 5.41) is 4.43. The monoisotopic (exact) mass is 501 g/mol. The number of likely N-dealkylation sites (tertiary alicyclic amines) is 1. The summed E-state index contributed by atoms with van der Waals surface area (Å²) in [6, 6.07) is 16.5. The maximum Gasteiger partial charge on any atom is 0.254 e. The van der Waals surface area contributed by atoms with Gasteiger partial charge in [0.25, 0.3) is 5.91 Å². The molecule has 5 rings (SSSR count). The first kappa shape index (κ1) is 24.8. The lowest BCUT2D eigenvalue weighted by molar-refractivity contribution is 0.0546. The first-order valence-corrected chi connectivity index (χ1v) is 13.7. The zero-order valence-corrected chi connectivity index (χ0v) is 22.4. The van der Waals surface area contributed by atoms with Crippen LogP contribution in [0.15, 0.2) is 54.7 Å². The molecule has 0 bridgehead atoms. The third-order valence-electron chi connectivity index (χ3n) is 8.12. The van der Waals surface area contributed by atoms with E-state index in [9.17, 15) is 4.79 Å². The average molecular weight is 502 g/mol. The molecule has 188 valence electrons. The number of carbonyl (C=O) groups is 1. The van der Waals surface area contributed by atoms with Crippen LogP contribution in [0.4, 0.5) is 5.69 Å². The van der Waals surface area contributed by atoms with Crippen LogP contribution in [0.1, 0.15) is 66.6 Å². The molecule has 1 aromatic heterocycles. The number of hydrogen-bond donors (Lipinski definition) is 1. The van der Waals surface area contributed by atoms with E-state index in [1.54, 1.807) is 0 Å². The topological polar surface area (TPSA) is 45.2 Å². The van der Waals surface area contributed by atoms with Crippen LogP contribution in [0.2, 0.25) is 5.02 Å². The third kappa shape index (κ3) is 5.01. The SMILES string of the molecule is CCc1cc(Cl)ccc1NCC1CC2(CCN1C(=O)c1cc(C)ccc1-c1ncccc1CC)CC2. The molecule has 3 aromatic rings. The van der Waals surface area contributed by atoms with Gasteiger partial charge in [-0.05, 0) is 92.3 Å². The minimum Gasteiger partial charge on any atom is -0.383 e. The van der Waals surface area contributed by atoms with Gasteiger partial charge in [0.2, 0.25) is 0 Å². The van der Waals surface area contributed by atoms with E-state index >= 15 is 0 Å². The van der Waals surface area contributed by atoms with E-state index in [4.69, 9.17) is 16.6 Å². The van der Waals surface area contributed by atoms with Crippen LogP contribution in [-0.4, -0.2) is 34.9 Å². The third-order valence-corrected chi connectivity index (χ3v) is 8.35. The highest BCUT2D eigenvalue weighted by atomic mass is 35.5. The number of rotatable bonds is 7. The lowest BCUT2D eigenvalue weighted by Gasteiger charge is -2.40. The van der Waals surface area contributed by atoms with Gasteiger partial charge in [0, 0.05) is 47.2 Å². The molecule has 2 heterocycles. The highest BCUT2D eigenvalue weighted by Gasteiger charge is 2.49. The number of amides is 1. The zero-order valence-electron chi connectivity index (χ0n) is 21.6. The standard InChI is InChI=1S/C31H36ClN3O/c1-4-22-7-6-15-33-29(22)26-10-8-21(3)17-27(26)30(36)35-16-14-31(12-13-31)19-25(35)20-34-28-11-9-24(32)18-23(28)5-2/h6-11,15,17-18,25,34H,4-5,12-14,16,19-20H2,1-3H3. The van der Waals surface area contributed by atoms with Crippen LogP contribution in [-0.2, 0) is 12.8 Å². The Kier molecular flexibility index (Phi) is 7.07. The second-order valence-corrected chi connectivity index (χ2v) is 11.0. The minimum atomic E-state index is 0.121. The van der Waals surface area contributed by atoms with Crippen LogP contribution in [0.5, 0.6) is 0 Å². The van der Waals surface area contributed by atoms with Gasteiger partial charge in [-0.2, -0.15) is 0 Å². The van der Waals surface area contributed by atoms with Gasteiger partial charge in [0.1, 0.15) is 0 Å². The predicted molar refractivity (Wildman–Crippen MR) is 149 cm³/mol. The number of nitrogens with zero attached hydrogens (tertiary/aromatic N) is 2. The van der Waals surface area contributed by atoms with E-state index in [1.807, 2.05) is 30.5 Å². The number of carbonyl (C=O) groups excluding carboxylic acids is 1. The Morgan fingerprint density at radius 2 is 1.89 bits per heavy atom. The molecule has 2 fully saturated rings. The van der Waals surface area contributed by atoms with Gasteiger partial charge in [-0.15, -0.1) is 0 Å². The summed E-state index contributed by atoms with van der Waals surface area (Å²) in [6.45, 7) is 7.89. The molecule has 4 nitrogen and oxygen atoms in total. The number of aryl methyl sites for hydroxylation is 3. The van der Waals surface area contributed by atoms with Gasteiger partial charge in [-0.25, -0.2) is 0 Å². The molecule has 36 heavy (non-hydrogen) atoms. The van der Waals surface area contributed by atoms with Crippen molar-refractivity contribution in [3.8, 4) is 11.3 Å². The van der Waals surface area contributed by atoms with Gasteiger partial charge in [-0.3, -0.25) is 9.78 Å². The molecule has 0 radical (unpaired) electrons. The molecule has 1 spiro atoms. The quantitative estimate of drug-likeness (QED) is 0.368. The normalized spacial score (nSPS) is 18.3. The maximum absolute atomic E-state index is 14.2. The Morgan fingerprint density at radius 1 is 1.08 bits per heavy atom. The van der Waals surface area contributed by atoms with Crippen LogP contribution in [0, 0.1) is 12.3 Å². The first-order chi connectivity index (χ1) is 17.4. The number of piperidine rings is 1. The fourth-order valence-electron chi connectivity index (χ4n) is 5.75. The summed E-state index contributed by atoms with van der Waals surface area (Å²) in [4.78, 5) is 21.0. The number of pyridine rings is 1. The molecule has 1 aliphatic heterocycles. The van der Waals surface area contributed by atoms with E-state index in [-0.39, 0.29) is 11.9 Å². The molecule has 5 heteroatoms. The Balaban J connectivity index is 1.45. The van der Waals surface area contributed by atoms with Crippen molar-refractivity contribution in [1.29, 1.82) is 0 Å². The second-order valence-electron chi connectivity index (χ2n) is 10.6. The molecular weight excluding hydrogens is 466 g/mol. The summed E-state index contributed by atoms with van der Waals surface area (Å²) in [6.07, 6.45) is 8.35. The number of anilines is 1. The number of nitrogens with one attached hydrogen (secondary N) is 1. The Labute approximate surface area is 220 Å². The first-order valence-electron chi connectivity index (χ1n) is 13.3. The number of aromatic nitrogens is 1. The molecule has 1 amide bonds. The largest absolute Gasteiger partial charge is 0.383 e. The van der Waals surface area contributed by atoms with Gasteiger partial charge < -0.3 is 10.2 Å². The van der Waals surface area contributed by atoms with E-state index in [0.717, 1.165) is 71.9 Å². The lowest BCUT2D eigenvalue weighted by Crippen LogP contribution is -2.50. The summed E-state index contributed by atoms with van der Waals surface area (Å²) in [5.74, 6) is 0.121. The number of halogens is 1. The van der Waals surface area contributed by atoms with Crippen LogP contribution >= 0.6 is 11.6 Å². The van der Waals surface area contributed by atoms with Crippen molar-refractivity contribution >= 4 is 23.2 Å². The second kappa shape index (κ2) is 10.3. The Morgan fingerprint density at radius 3 is 2.64 bits per heavy atom.